The van der Waals surface area contributed by atoms with Crippen LogP contribution in [0.1, 0.15) is 4.88 Å². The Morgan fingerprint density at radius 2 is 2.00 bits per heavy atom. The van der Waals surface area contributed by atoms with Gasteiger partial charge in [-0.1, -0.05) is 0 Å². The van der Waals surface area contributed by atoms with Crippen LogP contribution in [-0.4, -0.2) is 56.8 Å². The van der Waals surface area contributed by atoms with Gasteiger partial charge in [-0.25, -0.2) is 19.9 Å². The lowest BCUT2D eigenvalue weighted by Gasteiger charge is -2.42. The molecule has 29 heavy (non-hydrogen) atoms. The van der Waals surface area contributed by atoms with E-state index in [1.165, 1.54) is 11.2 Å². The fourth-order valence-electron chi connectivity index (χ4n) is 3.99. The van der Waals surface area contributed by atoms with Crippen molar-refractivity contribution < 1.29 is 4.79 Å². The molecule has 0 spiro atoms. The van der Waals surface area contributed by atoms with Gasteiger partial charge in [0.15, 0.2) is 5.96 Å². The summed E-state index contributed by atoms with van der Waals surface area (Å²) in [5, 5.41) is 13.7. The number of hydrogen-bond donors (Lipinski definition) is 2. The summed E-state index contributed by atoms with van der Waals surface area (Å²) < 4.78 is 0. The third-order valence-electron chi connectivity index (χ3n) is 5.51. The maximum absolute atomic E-state index is 13.1. The zero-order valence-electron chi connectivity index (χ0n) is 15.6. The van der Waals surface area contributed by atoms with Gasteiger partial charge in [-0.3, -0.25) is 15.1 Å². The molecule has 146 valence electrons. The first-order valence-electron chi connectivity index (χ1n) is 9.09. The summed E-state index contributed by atoms with van der Waals surface area (Å²) in [4.78, 5) is 34.4. The second-order valence-corrected chi connectivity index (χ2v) is 8.06. The predicted octanol–water partition coefficient (Wildman–Crippen LogP) is 1.32. The van der Waals surface area contributed by atoms with Crippen LogP contribution >= 0.6 is 11.3 Å². The standard InChI is InChI=1S/C19H18N8OS/c1-26-16(28)14-8-27(18-23-3-2-4-24-18)10-19(14,25-17(26)20)15-5-12(9-29-15)13-6-21-11-22-7-13/h2-7,9,11,14H,8,10H2,1H3,(H2,20,25)/t14?,19-/m0/s1. The number of carbonyl (C=O) groups is 1. The Kier molecular flexibility index (Phi) is 4.02. The molecule has 2 saturated heterocycles. The van der Waals surface area contributed by atoms with Crippen LogP contribution in [0.2, 0.25) is 0 Å². The van der Waals surface area contributed by atoms with Gasteiger partial charge in [-0.15, -0.1) is 11.3 Å². The molecule has 9 nitrogen and oxygen atoms in total. The molecule has 5 rings (SSSR count). The van der Waals surface area contributed by atoms with E-state index in [1.54, 1.807) is 49.2 Å². The average molecular weight is 406 g/mol. The molecule has 0 aliphatic carbocycles. The number of hydrogen-bond acceptors (Lipinski definition) is 8. The lowest BCUT2D eigenvalue weighted by molar-refractivity contribution is -0.133. The van der Waals surface area contributed by atoms with Crippen molar-refractivity contribution in [3.8, 4) is 11.1 Å². The van der Waals surface area contributed by atoms with Crippen LogP contribution < -0.4 is 10.2 Å². The number of carbonyl (C=O) groups excluding carboxylic acids is 1. The van der Waals surface area contributed by atoms with E-state index in [4.69, 9.17) is 5.41 Å². The number of thiophene rings is 1. The van der Waals surface area contributed by atoms with E-state index in [1.807, 2.05) is 10.3 Å². The summed E-state index contributed by atoms with van der Waals surface area (Å²) in [6, 6.07) is 3.83. The summed E-state index contributed by atoms with van der Waals surface area (Å²) in [5.41, 5.74) is 1.20. The lowest BCUT2D eigenvalue weighted by Crippen LogP contribution is -2.64. The number of fused-ring (bicyclic) bond motifs is 1. The molecule has 0 bridgehead atoms. The predicted molar refractivity (Wildman–Crippen MR) is 108 cm³/mol. The van der Waals surface area contributed by atoms with Crippen molar-refractivity contribution in [1.29, 1.82) is 5.41 Å². The Morgan fingerprint density at radius 3 is 2.76 bits per heavy atom. The fraction of sp³-hybridized carbons (Fsp3) is 0.263. The number of rotatable bonds is 3. The van der Waals surface area contributed by atoms with Crippen molar-refractivity contribution in [2.24, 2.45) is 5.92 Å². The van der Waals surface area contributed by atoms with Gasteiger partial charge < -0.3 is 10.2 Å². The van der Waals surface area contributed by atoms with E-state index in [-0.39, 0.29) is 17.8 Å². The molecule has 0 radical (unpaired) electrons. The van der Waals surface area contributed by atoms with E-state index < -0.39 is 5.54 Å². The molecule has 2 N–H and O–H groups in total. The highest BCUT2D eigenvalue weighted by Crippen LogP contribution is 2.44. The molecular weight excluding hydrogens is 388 g/mol. The van der Waals surface area contributed by atoms with E-state index in [9.17, 15) is 4.79 Å². The van der Waals surface area contributed by atoms with Gasteiger partial charge in [0.2, 0.25) is 11.9 Å². The quantitative estimate of drug-likeness (QED) is 0.675. The second-order valence-electron chi connectivity index (χ2n) is 7.15. The van der Waals surface area contributed by atoms with E-state index >= 15 is 0 Å². The normalized spacial score (nSPS) is 23.8. The Bertz CT molecular complexity index is 1070. The van der Waals surface area contributed by atoms with Crippen LogP contribution in [0.15, 0.2) is 48.6 Å². The maximum atomic E-state index is 13.1. The van der Waals surface area contributed by atoms with Crippen LogP contribution in [-0.2, 0) is 10.3 Å². The van der Waals surface area contributed by atoms with Gasteiger partial charge in [0.25, 0.3) is 0 Å². The molecule has 3 aromatic rings. The molecule has 3 aromatic heterocycles. The first kappa shape index (κ1) is 17.7. The van der Waals surface area contributed by atoms with Crippen molar-refractivity contribution in [2.75, 3.05) is 25.0 Å². The molecule has 1 amide bonds. The summed E-state index contributed by atoms with van der Waals surface area (Å²) in [6.07, 6.45) is 8.42. The first-order valence-corrected chi connectivity index (χ1v) is 9.97. The second kappa shape index (κ2) is 6.59. The summed E-state index contributed by atoms with van der Waals surface area (Å²) in [7, 11) is 1.63. The largest absolute Gasteiger partial charge is 0.343 e. The highest BCUT2D eigenvalue weighted by atomic mass is 32.1. The minimum absolute atomic E-state index is 0.0785. The number of anilines is 1. The molecule has 0 aromatic carbocycles. The van der Waals surface area contributed by atoms with Gasteiger partial charge in [0, 0.05) is 55.4 Å². The van der Waals surface area contributed by atoms with Crippen molar-refractivity contribution >= 4 is 29.2 Å². The molecule has 2 aliphatic rings. The van der Waals surface area contributed by atoms with E-state index in [2.05, 4.69) is 31.3 Å². The minimum Gasteiger partial charge on any atom is -0.343 e. The van der Waals surface area contributed by atoms with Gasteiger partial charge in [0.05, 0.1) is 5.92 Å². The molecule has 2 fully saturated rings. The van der Waals surface area contributed by atoms with Crippen LogP contribution in [0.25, 0.3) is 11.1 Å². The molecule has 2 aliphatic heterocycles. The Labute approximate surface area is 171 Å². The summed E-state index contributed by atoms with van der Waals surface area (Å²) >= 11 is 1.57. The third kappa shape index (κ3) is 2.75. The monoisotopic (exact) mass is 406 g/mol. The molecule has 10 heteroatoms. The van der Waals surface area contributed by atoms with Crippen molar-refractivity contribution in [1.82, 2.24) is 30.2 Å². The van der Waals surface area contributed by atoms with Gasteiger partial charge >= 0.3 is 0 Å². The Hall–Kier alpha value is -3.40. The number of nitrogens with one attached hydrogen (secondary N) is 2. The Morgan fingerprint density at radius 1 is 1.24 bits per heavy atom. The van der Waals surface area contributed by atoms with Crippen molar-refractivity contribution in [3.05, 3.63) is 53.5 Å². The third-order valence-corrected chi connectivity index (χ3v) is 6.62. The molecular formula is C19H18N8OS. The van der Waals surface area contributed by atoms with Crippen molar-refractivity contribution in [2.45, 2.75) is 5.54 Å². The molecule has 0 saturated carbocycles. The molecule has 5 heterocycles. The lowest BCUT2D eigenvalue weighted by atomic mass is 9.82. The maximum Gasteiger partial charge on any atom is 0.236 e. The molecule has 2 atom stereocenters. The SMILES string of the molecule is CN1C(=N)N[C@@]2(c3cc(-c4cncnc4)cs3)CN(c3ncccn3)CC2C1=O. The smallest absolute Gasteiger partial charge is 0.236 e. The van der Waals surface area contributed by atoms with Crippen molar-refractivity contribution in [3.63, 3.8) is 0 Å². The summed E-state index contributed by atoms with van der Waals surface area (Å²) in [5.74, 6) is 0.243. The van der Waals surface area contributed by atoms with E-state index in [0.717, 1.165) is 16.0 Å². The zero-order chi connectivity index (χ0) is 20.0. The van der Waals surface area contributed by atoms with Gasteiger partial charge in [0.1, 0.15) is 11.9 Å². The average Bonchev–Trinajstić information content (AvgIpc) is 3.40. The van der Waals surface area contributed by atoms with Gasteiger partial charge in [-0.2, -0.15) is 0 Å². The number of aromatic nitrogens is 4. The highest BCUT2D eigenvalue weighted by molar-refractivity contribution is 7.10. The Balaban J connectivity index is 1.58. The van der Waals surface area contributed by atoms with Gasteiger partial charge in [-0.05, 0) is 23.1 Å². The van der Waals surface area contributed by atoms with Crippen LogP contribution in [0.5, 0.6) is 0 Å². The minimum atomic E-state index is -0.710. The van der Waals surface area contributed by atoms with Crippen LogP contribution in [0, 0.1) is 11.3 Å². The highest BCUT2D eigenvalue weighted by Gasteiger charge is 2.57. The van der Waals surface area contributed by atoms with E-state index in [0.29, 0.717) is 19.0 Å². The molecule has 1 unspecified atom stereocenters. The first-order chi connectivity index (χ1) is 14.1. The topological polar surface area (TPSA) is 111 Å². The van der Waals surface area contributed by atoms with Crippen LogP contribution in [0.4, 0.5) is 5.95 Å². The fourth-order valence-corrected chi connectivity index (χ4v) is 5.12. The summed E-state index contributed by atoms with van der Waals surface area (Å²) in [6.45, 7) is 0.976. The number of guanidine groups is 1. The van der Waals surface area contributed by atoms with Crippen LogP contribution in [0.3, 0.4) is 0 Å². The number of amides is 1. The zero-order valence-corrected chi connectivity index (χ0v) is 16.4. The number of nitrogens with zero attached hydrogens (tertiary/aromatic N) is 6.